The first-order valence-corrected chi connectivity index (χ1v) is 6.78. The van der Waals surface area contributed by atoms with Crippen molar-refractivity contribution in [3.63, 3.8) is 0 Å². The highest BCUT2D eigenvalue weighted by Crippen LogP contribution is 2.10. The van der Waals surface area contributed by atoms with Crippen LogP contribution in [0.4, 0.5) is 0 Å². The van der Waals surface area contributed by atoms with Gasteiger partial charge >= 0.3 is 5.97 Å². The maximum atomic E-state index is 12.1. The Balaban J connectivity index is 2.11. The molecule has 2 rings (SSSR count). The summed E-state index contributed by atoms with van der Waals surface area (Å²) in [5.41, 5.74) is 0.909. The summed E-state index contributed by atoms with van der Waals surface area (Å²) >= 11 is 0. The third kappa shape index (κ3) is 3.94. The summed E-state index contributed by atoms with van der Waals surface area (Å²) in [6, 6.07) is 12.4. The first-order chi connectivity index (χ1) is 11.0. The van der Waals surface area contributed by atoms with Crippen LogP contribution in [0, 0.1) is 0 Å². The van der Waals surface area contributed by atoms with Crippen LogP contribution in [0.25, 0.3) is 0 Å². The maximum absolute atomic E-state index is 12.1. The van der Waals surface area contributed by atoms with Gasteiger partial charge in [0.25, 0.3) is 5.91 Å². The maximum Gasteiger partial charge on any atom is 0.337 e. The van der Waals surface area contributed by atoms with Crippen LogP contribution in [0.2, 0.25) is 0 Å². The number of carboxylic acids is 1. The van der Waals surface area contributed by atoms with Gasteiger partial charge in [0.2, 0.25) is 0 Å². The van der Waals surface area contributed by atoms with Crippen LogP contribution in [0.5, 0.6) is 0 Å². The van der Waals surface area contributed by atoms with Crippen LogP contribution in [0.3, 0.4) is 0 Å². The quantitative estimate of drug-likeness (QED) is 0.823. The van der Waals surface area contributed by atoms with Crippen LogP contribution >= 0.6 is 0 Å². The second-order valence-corrected chi connectivity index (χ2v) is 4.71. The fraction of sp³-hybridized carbons (Fsp3) is 0.118. The molecule has 0 atom stereocenters. The summed E-state index contributed by atoms with van der Waals surface area (Å²) in [6.45, 7) is 0.144. The zero-order valence-corrected chi connectivity index (χ0v) is 12.4. The van der Waals surface area contributed by atoms with Crippen molar-refractivity contribution in [1.82, 2.24) is 5.32 Å². The Morgan fingerprint density at radius 1 is 1.04 bits per heavy atom. The van der Waals surface area contributed by atoms with Gasteiger partial charge in [0, 0.05) is 17.7 Å². The number of carboxylic acid groups (broad SMARTS) is 1. The lowest BCUT2D eigenvalue weighted by atomic mass is 10.1. The molecule has 0 saturated carbocycles. The average molecular weight is 312 g/mol. The Hall–Kier alpha value is -3.15. The van der Waals surface area contributed by atoms with E-state index in [9.17, 15) is 19.5 Å². The highest BCUT2D eigenvalue weighted by molar-refractivity contribution is 6.04. The molecule has 0 heterocycles. The molecule has 0 aliphatic heterocycles. The van der Waals surface area contributed by atoms with Crippen molar-refractivity contribution in [2.75, 3.05) is 7.11 Å². The molecule has 118 valence electrons. The molecule has 0 aliphatic carbocycles. The summed E-state index contributed by atoms with van der Waals surface area (Å²) in [6.07, 6.45) is 0. The van der Waals surface area contributed by atoms with Crippen LogP contribution < -0.4 is 10.4 Å². The molecule has 0 bridgehead atoms. The topological polar surface area (TPSA) is 95.5 Å². The van der Waals surface area contributed by atoms with E-state index >= 15 is 0 Å². The van der Waals surface area contributed by atoms with E-state index in [2.05, 4.69) is 10.1 Å². The largest absolute Gasteiger partial charge is 0.545 e. The zero-order valence-electron chi connectivity index (χ0n) is 12.4. The molecule has 2 aromatic carbocycles. The number of carbonyl (C=O) groups is 3. The third-order valence-corrected chi connectivity index (χ3v) is 3.19. The lowest BCUT2D eigenvalue weighted by Gasteiger charge is -2.11. The Morgan fingerprint density at radius 3 is 2.39 bits per heavy atom. The second-order valence-electron chi connectivity index (χ2n) is 4.71. The minimum atomic E-state index is -1.41. The lowest BCUT2D eigenvalue weighted by Crippen LogP contribution is -2.29. The van der Waals surface area contributed by atoms with E-state index in [0.717, 1.165) is 0 Å². The predicted molar refractivity (Wildman–Crippen MR) is 79.7 cm³/mol. The smallest absolute Gasteiger partial charge is 0.337 e. The summed E-state index contributed by atoms with van der Waals surface area (Å²) < 4.78 is 4.63. The van der Waals surface area contributed by atoms with E-state index in [4.69, 9.17) is 0 Å². The number of nitrogens with one attached hydrogen (secondary N) is 1. The van der Waals surface area contributed by atoms with Gasteiger partial charge in [-0.2, -0.15) is 0 Å². The molecule has 0 spiro atoms. The van der Waals surface area contributed by atoms with Gasteiger partial charge in [0.05, 0.1) is 18.6 Å². The molecule has 2 aromatic rings. The molecule has 0 fully saturated rings. The summed E-state index contributed by atoms with van der Waals surface area (Å²) in [7, 11) is 1.29. The number of aromatic carboxylic acids is 1. The molecule has 0 radical (unpaired) electrons. The number of ether oxygens (including phenoxy) is 1. The van der Waals surface area contributed by atoms with Gasteiger partial charge < -0.3 is 20.0 Å². The molecule has 1 N–H and O–H groups in total. The van der Waals surface area contributed by atoms with E-state index in [-0.39, 0.29) is 17.7 Å². The van der Waals surface area contributed by atoms with Gasteiger partial charge in [-0.05, 0) is 23.8 Å². The van der Waals surface area contributed by atoms with E-state index < -0.39 is 17.8 Å². The number of rotatable bonds is 5. The fourth-order valence-electron chi connectivity index (χ4n) is 2.06. The normalized spacial score (nSPS) is 9.96. The van der Waals surface area contributed by atoms with Crippen LogP contribution in [-0.4, -0.2) is 25.0 Å². The van der Waals surface area contributed by atoms with Crippen molar-refractivity contribution < 1.29 is 24.2 Å². The van der Waals surface area contributed by atoms with Gasteiger partial charge in [-0.25, -0.2) is 4.79 Å². The van der Waals surface area contributed by atoms with Crippen molar-refractivity contribution in [3.8, 4) is 0 Å². The van der Waals surface area contributed by atoms with Gasteiger partial charge in [-0.3, -0.25) is 4.79 Å². The van der Waals surface area contributed by atoms with Crippen LogP contribution in [-0.2, 0) is 11.3 Å². The van der Waals surface area contributed by atoms with Crippen molar-refractivity contribution in [2.45, 2.75) is 6.54 Å². The third-order valence-electron chi connectivity index (χ3n) is 3.19. The minimum Gasteiger partial charge on any atom is -0.545 e. The highest BCUT2D eigenvalue weighted by atomic mass is 16.5. The number of hydrogen-bond donors (Lipinski definition) is 1. The number of benzene rings is 2. The highest BCUT2D eigenvalue weighted by Gasteiger charge is 2.12. The van der Waals surface area contributed by atoms with Crippen molar-refractivity contribution in [1.29, 1.82) is 0 Å². The molecule has 23 heavy (non-hydrogen) atoms. The second kappa shape index (κ2) is 7.22. The van der Waals surface area contributed by atoms with E-state index in [0.29, 0.717) is 11.1 Å². The summed E-state index contributed by atoms with van der Waals surface area (Å²) in [4.78, 5) is 34.6. The van der Waals surface area contributed by atoms with Crippen LogP contribution in [0.1, 0.15) is 36.6 Å². The van der Waals surface area contributed by atoms with Crippen molar-refractivity contribution in [2.24, 2.45) is 0 Å². The molecule has 0 aromatic heterocycles. The Morgan fingerprint density at radius 2 is 1.74 bits per heavy atom. The van der Waals surface area contributed by atoms with Crippen molar-refractivity contribution in [3.05, 3.63) is 70.8 Å². The van der Waals surface area contributed by atoms with Gasteiger partial charge in [-0.15, -0.1) is 0 Å². The Bertz CT molecular complexity index is 754. The number of methoxy groups -OCH3 is 1. The van der Waals surface area contributed by atoms with Gasteiger partial charge in [-0.1, -0.05) is 30.3 Å². The molecule has 0 unspecified atom stereocenters. The van der Waals surface area contributed by atoms with Crippen LogP contribution in [0.15, 0.2) is 48.5 Å². The number of amides is 1. The lowest BCUT2D eigenvalue weighted by molar-refractivity contribution is -0.255. The minimum absolute atomic E-state index is 0.0247. The van der Waals surface area contributed by atoms with Gasteiger partial charge in [0.15, 0.2) is 0 Å². The molecule has 6 nitrogen and oxygen atoms in total. The molecule has 1 amide bonds. The van der Waals surface area contributed by atoms with E-state index in [1.165, 1.54) is 25.3 Å². The molecular weight excluding hydrogens is 298 g/mol. The number of hydrogen-bond acceptors (Lipinski definition) is 5. The Kier molecular flexibility index (Phi) is 5.09. The van der Waals surface area contributed by atoms with Crippen molar-refractivity contribution >= 4 is 17.8 Å². The van der Waals surface area contributed by atoms with E-state index in [1.807, 2.05) is 0 Å². The Labute approximate surface area is 132 Å². The summed E-state index contributed by atoms with van der Waals surface area (Å²) in [5.74, 6) is -2.42. The number of esters is 1. The fourth-order valence-corrected chi connectivity index (χ4v) is 2.06. The van der Waals surface area contributed by atoms with E-state index in [1.54, 1.807) is 30.3 Å². The SMILES string of the molecule is COC(=O)c1cccc(CNC(=O)c2ccccc2C(=O)[O-])c1. The molecular formula is C17H14NO5-. The number of carbonyl (C=O) groups excluding carboxylic acids is 3. The molecule has 6 heteroatoms. The first-order valence-electron chi connectivity index (χ1n) is 6.78. The standard InChI is InChI=1S/C17H15NO5/c1-23-17(22)12-6-4-5-11(9-12)10-18-15(19)13-7-2-3-8-14(13)16(20)21/h2-9H,10H2,1H3,(H,18,19)(H,20,21)/p-1. The average Bonchev–Trinajstić information content (AvgIpc) is 2.59. The first kappa shape index (κ1) is 16.2. The predicted octanol–water partition coefficient (Wildman–Crippen LogP) is 0.767. The monoisotopic (exact) mass is 312 g/mol. The molecule has 0 saturated heterocycles. The van der Waals surface area contributed by atoms with Gasteiger partial charge in [0.1, 0.15) is 0 Å². The zero-order chi connectivity index (χ0) is 16.8. The summed E-state index contributed by atoms with van der Waals surface area (Å²) in [5, 5.41) is 13.6. The molecule has 0 aliphatic rings.